The van der Waals surface area contributed by atoms with E-state index in [2.05, 4.69) is 34.1 Å². The first-order valence-corrected chi connectivity index (χ1v) is 8.36. The predicted molar refractivity (Wildman–Crippen MR) is 95.2 cm³/mol. The molecule has 0 bridgehead atoms. The maximum Gasteiger partial charge on any atom is 0.134 e. The molecule has 3 aromatic rings. The van der Waals surface area contributed by atoms with Crippen LogP contribution in [0.2, 0.25) is 5.02 Å². The summed E-state index contributed by atoms with van der Waals surface area (Å²) in [7, 11) is 0. The van der Waals surface area contributed by atoms with Crippen molar-refractivity contribution in [2.45, 2.75) is 6.54 Å². The van der Waals surface area contributed by atoms with Crippen LogP contribution in [0.25, 0.3) is 11.0 Å². The molecule has 1 aromatic heterocycles. The van der Waals surface area contributed by atoms with E-state index in [0.717, 1.165) is 49.1 Å². The number of fused-ring (bicyclic) bond motifs is 1. The van der Waals surface area contributed by atoms with Crippen molar-refractivity contribution >= 4 is 28.3 Å². The van der Waals surface area contributed by atoms with Crippen LogP contribution < -0.4 is 4.90 Å². The zero-order valence-corrected chi connectivity index (χ0v) is 13.7. The third-order valence-electron chi connectivity index (χ3n) is 4.42. The first kappa shape index (κ1) is 14.6. The molecule has 2 heterocycles. The molecule has 1 saturated heterocycles. The lowest BCUT2D eigenvalue weighted by molar-refractivity contribution is 0.233. The molecule has 23 heavy (non-hydrogen) atoms. The minimum atomic E-state index is 0.789. The Morgan fingerprint density at radius 3 is 2.39 bits per heavy atom. The van der Waals surface area contributed by atoms with Gasteiger partial charge in [0.25, 0.3) is 0 Å². The van der Waals surface area contributed by atoms with Crippen molar-refractivity contribution in [1.82, 2.24) is 4.90 Å². The highest BCUT2D eigenvalue weighted by Crippen LogP contribution is 2.22. The number of nitrogens with zero attached hydrogens (tertiary/aromatic N) is 2. The van der Waals surface area contributed by atoms with Gasteiger partial charge in [-0.1, -0.05) is 29.8 Å². The second-order valence-electron chi connectivity index (χ2n) is 5.99. The number of hydrogen-bond donors (Lipinski definition) is 0. The Hall–Kier alpha value is -1.97. The highest BCUT2D eigenvalue weighted by Gasteiger charge is 2.18. The van der Waals surface area contributed by atoms with Gasteiger partial charge in [0.05, 0.1) is 6.54 Å². The van der Waals surface area contributed by atoms with Gasteiger partial charge in [-0.2, -0.15) is 0 Å². The number of para-hydroxylation sites is 1. The molecule has 0 spiro atoms. The van der Waals surface area contributed by atoms with E-state index in [0.29, 0.717) is 0 Å². The van der Waals surface area contributed by atoms with Gasteiger partial charge in [-0.15, -0.1) is 0 Å². The van der Waals surface area contributed by atoms with E-state index in [9.17, 15) is 0 Å². The molecule has 1 aliphatic rings. The molecular weight excluding hydrogens is 308 g/mol. The summed E-state index contributed by atoms with van der Waals surface area (Å²) >= 11 is 5.96. The van der Waals surface area contributed by atoms with Gasteiger partial charge in [0.1, 0.15) is 11.3 Å². The Kier molecular flexibility index (Phi) is 3.98. The monoisotopic (exact) mass is 326 g/mol. The fraction of sp³-hybridized carbons (Fsp3) is 0.263. The molecule has 2 aromatic carbocycles. The van der Waals surface area contributed by atoms with Crippen LogP contribution >= 0.6 is 11.6 Å². The van der Waals surface area contributed by atoms with Crippen molar-refractivity contribution in [3.63, 3.8) is 0 Å². The minimum Gasteiger partial charge on any atom is -0.460 e. The average Bonchev–Trinajstić information content (AvgIpc) is 2.98. The smallest absolute Gasteiger partial charge is 0.134 e. The molecule has 0 radical (unpaired) electrons. The summed E-state index contributed by atoms with van der Waals surface area (Å²) in [6.07, 6.45) is 0. The molecule has 118 valence electrons. The number of anilines is 1. The maximum atomic E-state index is 5.96. The number of rotatable bonds is 3. The van der Waals surface area contributed by atoms with Crippen LogP contribution in [0.15, 0.2) is 59.0 Å². The molecule has 0 unspecified atom stereocenters. The third kappa shape index (κ3) is 3.21. The first-order chi connectivity index (χ1) is 11.3. The van der Waals surface area contributed by atoms with E-state index >= 15 is 0 Å². The molecule has 4 heteroatoms. The van der Waals surface area contributed by atoms with E-state index in [1.165, 1.54) is 11.1 Å². The van der Waals surface area contributed by atoms with Crippen LogP contribution in [0.3, 0.4) is 0 Å². The van der Waals surface area contributed by atoms with Gasteiger partial charge in [-0.3, -0.25) is 4.90 Å². The summed E-state index contributed by atoms with van der Waals surface area (Å²) in [4.78, 5) is 4.86. The summed E-state index contributed by atoms with van der Waals surface area (Å²) in [5, 5.41) is 1.97. The summed E-state index contributed by atoms with van der Waals surface area (Å²) in [5.74, 6) is 1.05. The third-order valence-corrected chi connectivity index (χ3v) is 4.67. The van der Waals surface area contributed by atoms with Crippen molar-refractivity contribution in [2.75, 3.05) is 31.1 Å². The Balaban J connectivity index is 1.38. The minimum absolute atomic E-state index is 0.789. The Bertz CT molecular complexity index is 755. The van der Waals surface area contributed by atoms with Crippen molar-refractivity contribution in [3.8, 4) is 0 Å². The average molecular weight is 327 g/mol. The van der Waals surface area contributed by atoms with Crippen molar-refractivity contribution in [1.29, 1.82) is 0 Å². The number of hydrogen-bond acceptors (Lipinski definition) is 3. The van der Waals surface area contributed by atoms with Gasteiger partial charge < -0.3 is 9.32 Å². The second kappa shape index (κ2) is 6.26. The van der Waals surface area contributed by atoms with E-state index in [-0.39, 0.29) is 0 Å². The van der Waals surface area contributed by atoms with Crippen LogP contribution in [-0.4, -0.2) is 31.1 Å². The van der Waals surface area contributed by atoms with E-state index in [1.54, 1.807) is 0 Å². The largest absolute Gasteiger partial charge is 0.460 e. The molecule has 0 aliphatic carbocycles. The first-order valence-electron chi connectivity index (χ1n) is 7.98. The van der Waals surface area contributed by atoms with Gasteiger partial charge >= 0.3 is 0 Å². The van der Waals surface area contributed by atoms with Crippen molar-refractivity contribution < 1.29 is 4.42 Å². The second-order valence-corrected chi connectivity index (χ2v) is 6.43. The van der Waals surface area contributed by atoms with Gasteiger partial charge in [0, 0.05) is 42.3 Å². The molecule has 0 atom stereocenters. The van der Waals surface area contributed by atoms with E-state index in [4.69, 9.17) is 16.0 Å². The van der Waals surface area contributed by atoms with Crippen molar-refractivity contribution in [3.05, 3.63) is 65.4 Å². The summed E-state index contributed by atoms with van der Waals surface area (Å²) in [5.41, 5.74) is 2.22. The molecule has 0 saturated carbocycles. The van der Waals surface area contributed by atoms with Crippen LogP contribution in [0.1, 0.15) is 5.76 Å². The van der Waals surface area contributed by atoms with Gasteiger partial charge in [0.15, 0.2) is 0 Å². The Labute approximate surface area is 141 Å². The Morgan fingerprint density at radius 1 is 0.913 bits per heavy atom. The summed E-state index contributed by atoms with van der Waals surface area (Å²) in [6, 6.07) is 18.4. The van der Waals surface area contributed by atoms with Gasteiger partial charge in [-0.25, -0.2) is 0 Å². The number of halogens is 1. The highest BCUT2D eigenvalue weighted by atomic mass is 35.5. The van der Waals surface area contributed by atoms with Gasteiger partial charge in [-0.05, 0) is 36.4 Å². The van der Waals surface area contributed by atoms with E-state index < -0.39 is 0 Å². The van der Waals surface area contributed by atoms with Crippen LogP contribution in [0.4, 0.5) is 5.69 Å². The Morgan fingerprint density at radius 2 is 1.65 bits per heavy atom. The fourth-order valence-corrected chi connectivity index (χ4v) is 3.28. The SMILES string of the molecule is Clc1ccc(N2CCN(Cc3cc4ccccc4o3)CC2)cc1. The molecule has 1 fully saturated rings. The quantitative estimate of drug-likeness (QED) is 0.711. The van der Waals surface area contributed by atoms with Crippen LogP contribution in [0, 0.1) is 0 Å². The van der Waals surface area contributed by atoms with E-state index in [1.807, 2.05) is 30.3 Å². The highest BCUT2D eigenvalue weighted by molar-refractivity contribution is 6.30. The lowest BCUT2D eigenvalue weighted by Gasteiger charge is -2.35. The van der Waals surface area contributed by atoms with Crippen molar-refractivity contribution in [2.24, 2.45) is 0 Å². The molecule has 1 aliphatic heterocycles. The molecular formula is C19H19ClN2O. The maximum absolute atomic E-state index is 5.96. The topological polar surface area (TPSA) is 19.6 Å². The standard InChI is InChI=1S/C19H19ClN2O/c20-16-5-7-17(8-6-16)22-11-9-21(10-12-22)14-18-13-15-3-1-2-4-19(15)23-18/h1-8,13H,9-12,14H2. The lowest BCUT2D eigenvalue weighted by atomic mass is 10.2. The molecule has 0 amide bonds. The lowest BCUT2D eigenvalue weighted by Crippen LogP contribution is -2.45. The fourth-order valence-electron chi connectivity index (χ4n) is 3.15. The normalized spacial score (nSPS) is 16.1. The van der Waals surface area contributed by atoms with Crippen LogP contribution in [0.5, 0.6) is 0 Å². The zero-order valence-electron chi connectivity index (χ0n) is 12.9. The molecule has 0 N–H and O–H groups in total. The predicted octanol–water partition coefficient (Wildman–Crippen LogP) is 4.41. The zero-order chi connectivity index (χ0) is 15.6. The van der Waals surface area contributed by atoms with Gasteiger partial charge in [0.2, 0.25) is 0 Å². The molecule has 3 nitrogen and oxygen atoms in total. The number of benzene rings is 2. The summed E-state index contributed by atoms with van der Waals surface area (Å²) in [6.45, 7) is 5.02. The summed E-state index contributed by atoms with van der Waals surface area (Å²) < 4.78 is 5.93. The number of furan rings is 1. The van der Waals surface area contributed by atoms with Crippen LogP contribution in [-0.2, 0) is 6.54 Å². The number of piperazine rings is 1. The molecule has 4 rings (SSSR count).